The molecular formula is C14H16N4. The van der Waals surface area contributed by atoms with E-state index in [1.165, 1.54) is 19.3 Å². The molecule has 0 spiro atoms. The van der Waals surface area contributed by atoms with E-state index >= 15 is 0 Å². The predicted molar refractivity (Wildman–Crippen MR) is 71.3 cm³/mol. The summed E-state index contributed by atoms with van der Waals surface area (Å²) in [7, 11) is 0. The summed E-state index contributed by atoms with van der Waals surface area (Å²) in [5.41, 5.74) is 1.98. The van der Waals surface area contributed by atoms with Gasteiger partial charge in [-0.25, -0.2) is 4.98 Å². The first-order chi connectivity index (χ1) is 8.93. The molecule has 0 N–H and O–H groups in total. The van der Waals surface area contributed by atoms with Gasteiger partial charge in [0.2, 0.25) is 5.95 Å². The summed E-state index contributed by atoms with van der Waals surface area (Å²) in [4.78, 5) is 6.84. The molecule has 18 heavy (non-hydrogen) atoms. The molecule has 3 rings (SSSR count). The second-order valence-corrected chi connectivity index (χ2v) is 4.56. The van der Waals surface area contributed by atoms with Gasteiger partial charge in [0.25, 0.3) is 0 Å². The molecule has 0 atom stereocenters. The van der Waals surface area contributed by atoms with Crippen molar-refractivity contribution in [3.8, 4) is 11.3 Å². The first kappa shape index (κ1) is 11.1. The molecule has 1 fully saturated rings. The Bertz CT molecular complexity index is 506. The number of anilines is 1. The second-order valence-electron chi connectivity index (χ2n) is 4.56. The fourth-order valence-electron chi connectivity index (χ4n) is 2.27. The third-order valence-electron chi connectivity index (χ3n) is 3.26. The van der Waals surface area contributed by atoms with Crippen LogP contribution in [0.1, 0.15) is 19.3 Å². The number of benzene rings is 1. The monoisotopic (exact) mass is 240 g/mol. The molecular weight excluding hydrogens is 224 g/mol. The molecule has 1 aliphatic rings. The van der Waals surface area contributed by atoms with Gasteiger partial charge in [-0.2, -0.15) is 5.10 Å². The van der Waals surface area contributed by atoms with Gasteiger partial charge >= 0.3 is 0 Å². The van der Waals surface area contributed by atoms with Crippen LogP contribution in [0.25, 0.3) is 11.3 Å². The third kappa shape index (κ3) is 2.32. The minimum absolute atomic E-state index is 0.760. The summed E-state index contributed by atoms with van der Waals surface area (Å²) >= 11 is 0. The van der Waals surface area contributed by atoms with Crippen molar-refractivity contribution in [3.63, 3.8) is 0 Å². The van der Waals surface area contributed by atoms with Crippen LogP contribution in [0.3, 0.4) is 0 Å². The Morgan fingerprint density at radius 2 is 1.72 bits per heavy atom. The van der Waals surface area contributed by atoms with Crippen molar-refractivity contribution in [1.82, 2.24) is 15.2 Å². The van der Waals surface area contributed by atoms with Crippen LogP contribution in [-0.2, 0) is 0 Å². The molecule has 0 unspecified atom stereocenters. The molecule has 0 amide bonds. The molecule has 0 saturated carbocycles. The van der Waals surface area contributed by atoms with Crippen molar-refractivity contribution < 1.29 is 0 Å². The highest BCUT2D eigenvalue weighted by Crippen LogP contribution is 2.19. The maximum atomic E-state index is 4.62. The van der Waals surface area contributed by atoms with E-state index in [2.05, 4.69) is 20.1 Å². The van der Waals surface area contributed by atoms with Crippen molar-refractivity contribution in [2.24, 2.45) is 0 Å². The summed E-state index contributed by atoms with van der Waals surface area (Å²) in [6.45, 7) is 2.08. The van der Waals surface area contributed by atoms with Gasteiger partial charge < -0.3 is 4.90 Å². The smallest absolute Gasteiger partial charge is 0.245 e. The van der Waals surface area contributed by atoms with Gasteiger partial charge in [0, 0.05) is 18.7 Å². The van der Waals surface area contributed by atoms with Crippen molar-refractivity contribution >= 4 is 5.95 Å². The van der Waals surface area contributed by atoms with Crippen molar-refractivity contribution in [3.05, 3.63) is 36.5 Å². The third-order valence-corrected chi connectivity index (χ3v) is 3.26. The quantitative estimate of drug-likeness (QED) is 0.809. The molecule has 92 valence electrons. The van der Waals surface area contributed by atoms with Crippen LogP contribution in [-0.4, -0.2) is 28.3 Å². The van der Waals surface area contributed by atoms with Crippen molar-refractivity contribution in [1.29, 1.82) is 0 Å². The van der Waals surface area contributed by atoms with Gasteiger partial charge in [-0.05, 0) is 19.3 Å². The minimum Gasteiger partial charge on any atom is -0.340 e. The highest BCUT2D eigenvalue weighted by Gasteiger charge is 2.14. The zero-order valence-electron chi connectivity index (χ0n) is 10.3. The maximum Gasteiger partial charge on any atom is 0.245 e. The average Bonchev–Trinajstić information content (AvgIpc) is 2.49. The number of nitrogens with zero attached hydrogens (tertiary/aromatic N) is 4. The van der Waals surface area contributed by atoms with Crippen molar-refractivity contribution in [2.75, 3.05) is 18.0 Å². The molecule has 1 aromatic heterocycles. The topological polar surface area (TPSA) is 41.9 Å². The number of hydrogen-bond donors (Lipinski definition) is 0. The second kappa shape index (κ2) is 5.12. The lowest BCUT2D eigenvalue weighted by atomic mass is 10.1. The van der Waals surface area contributed by atoms with Crippen LogP contribution in [0.2, 0.25) is 0 Å². The van der Waals surface area contributed by atoms with Crippen LogP contribution < -0.4 is 4.90 Å². The highest BCUT2D eigenvalue weighted by molar-refractivity contribution is 5.58. The summed E-state index contributed by atoms with van der Waals surface area (Å²) in [6, 6.07) is 10.1. The SMILES string of the molecule is c1ccc(-c2cnnc(N3CCCCC3)n2)cc1. The molecule has 4 heteroatoms. The first-order valence-corrected chi connectivity index (χ1v) is 6.43. The van der Waals surface area contributed by atoms with Gasteiger partial charge in [-0.3, -0.25) is 0 Å². The van der Waals surface area contributed by atoms with E-state index < -0.39 is 0 Å². The number of aromatic nitrogens is 3. The van der Waals surface area contributed by atoms with E-state index in [9.17, 15) is 0 Å². The highest BCUT2D eigenvalue weighted by atomic mass is 15.3. The molecule has 0 aliphatic carbocycles. The lowest BCUT2D eigenvalue weighted by Crippen LogP contribution is -2.31. The summed E-state index contributed by atoms with van der Waals surface area (Å²) in [6.07, 6.45) is 5.48. The van der Waals surface area contributed by atoms with E-state index in [1.807, 2.05) is 30.3 Å². The predicted octanol–water partition coefficient (Wildman–Crippen LogP) is 2.53. The van der Waals surface area contributed by atoms with Crippen LogP contribution >= 0.6 is 0 Å². The van der Waals surface area contributed by atoms with Crippen LogP contribution in [0.5, 0.6) is 0 Å². The lowest BCUT2D eigenvalue weighted by Gasteiger charge is -2.26. The fraction of sp³-hybridized carbons (Fsp3) is 0.357. The molecule has 1 aliphatic heterocycles. The largest absolute Gasteiger partial charge is 0.340 e. The Labute approximate surface area is 107 Å². The van der Waals surface area contributed by atoms with Crippen LogP contribution in [0, 0.1) is 0 Å². The van der Waals surface area contributed by atoms with Gasteiger partial charge in [0.05, 0.1) is 11.9 Å². The van der Waals surface area contributed by atoms with Gasteiger partial charge in [0.1, 0.15) is 0 Å². The average molecular weight is 240 g/mol. The van der Waals surface area contributed by atoms with E-state index in [0.29, 0.717) is 0 Å². The van der Waals surface area contributed by atoms with E-state index in [4.69, 9.17) is 0 Å². The van der Waals surface area contributed by atoms with Gasteiger partial charge in [0.15, 0.2) is 0 Å². The van der Waals surface area contributed by atoms with E-state index in [-0.39, 0.29) is 0 Å². The number of hydrogen-bond acceptors (Lipinski definition) is 4. The number of rotatable bonds is 2. The lowest BCUT2D eigenvalue weighted by molar-refractivity contribution is 0.565. The van der Waals surface area contributed by atoms with Crippen LogP contribution in [0.4, 0.5) is 5.95 Å². The Kier molecular flexibility index (Phi) is 3.17. The molecule has 2 aromatic rings. The minimum atomic E-state index is 0.760. The van der Waals surface area contributed by atoms with Gasteiger partial charge in [-0.1, -0.05) is 30.3 Å². The first-order valence-electron chi connectivity index (χ1n) is 6.43. The number of piperidine rings is 1. The molecule has 2 heterocycles. The molecule has 4 nitrogen and oxygen atoms in total. The summed E-state index contributed by atoms with van der Waals surface area (Å²) in [5, 5.41) is 8.24. The van der Waals surface area contributed by atoms with E-state index in [0.717, 1.165) is 30.3 Å². The Morgan fingerprint density at radius 3 is 2.50 bits per heavy atom. The maximum absolute atomic E-state index is 4.62. The Hall–Kier alpha value is -1.97. The Balaban J connectivity index is 1.89. The van der Waals surface area contributed by atoms with Crippen LogP contribution in [0.15, 0.2) is 36.5 Å². The molecule has 0 radical (unpaired) electrons. The zero-order valence-corrected chi connectivity index (χ0v) is 10.3. The molecule has 1 saturated heterocycles. The summed E-state index contributed by atoms with van der Waals surface area (Å²) < 4.78 is 0. The van der Waals surface area contributed by atoms with Gasteiger partial charge in [-0.15, -0.1) is 5.10 Å². The summed E-state index contributed by atoms with van der Waals surface area (Å²) in [5.74, 6) is 0.760. The molecule has 1 aromatic carbocycles. The normalized spacial score (nSPS) is 15.7. The Morgan fingerprint density at radius 1 is 0.944 bits per heavy atom. The molecule has 0 bridgehead atoms. The fourth-order valence-corrected chi connectivity index (χ4v) is 2.27. The van der Waals surface area contributed by atoms with Crippen molar-refractivity contribution in [2.45, 2.75) is 19.3 Å². The standard InChI is InChI=1S/C14H16N4/c1-3-7-12(8-4-1)13-11-15-17-14(16-13)18-9-5-2-6-10-18/h1,3-4,7-8,11H,2,5-6,9-10H2. The van der Waals surface area contributed by atoms with E-state index in [1.54, 1.807) is 6.20 Å². The zero-order chi connectivity index (χ0) is 12.2.